The lowest BCUT2D eigenvalue weighted by Gasteiger charge is -2.17. The lowest BCUT2D eigenvalue weighted by molar-refractivity contribution is -0.521. The maximum Gasteiger partial charge on any atom is 0.221 e. The summed E-state index contributed by atoms with van der Waals surface area (Å²) < 4.78 is 0. The minimum atomic E-state index is -0.625. The van der Waals surface area contributed by atoms with Gasteiger partial charge in [-0.05, 0) is 17.7 Å². The third-order valence-corrected chi connectivity index (χ3v) is 3.20. The van der Waals surface area contributed by atoms with Gasteiger partial charge >= 0.3 is 0 Å². The third kappa shape index (κ3) is 1.11. The minimum Gasteiger partial charge on any atom is -0.508 e. The molecule has 2 N–H and O–H groups in total. The predicted octanol–water partition coefficient (Wildman–Crippen LogP) is 1.62. The Morgan fingerprint density at radius 3 is 3.00 bits per heavy atom. The summed E-state index contributed by atoms with van der Waals surface area (Å²) in [6.45, 7) is 0. The van der Waals surface area contributed by atoms with Crippen LogP contribution in [-0.2, 0) is 12.8 Å². The molecule has 2 aromatic rings. The number of benzene rings is 1. The molecule has 1 aromatic heterocycles. The zero-order chi connectivity index (χ0) is 11.3. The Bertz CT molecular complexity index is 588. The molecule has 0 fully saturated rings. The van der Waals surface area contributed by atoms with E-state index in [2.05, 4.69) is 4.98 Å². The first-order valence-corrected chi connectivity index (χ1v) is 5.11. The van der Waals surface area contributed by atoms with Gasteiger partial charge in [0.1, 0.15) is 5.75 Å². The zero-order valence-electron chi connectivity index (χ0n) is 8.43. The van der Waals surface area contributed by atoms with E-state index < -0.39 is 6.04 Å². The highest BCUT2D eigenvalue weighted by molar-refractivity contribution is 5.89. The fourth-order valence-corrected chi connectivity index (χ4v) is 2.44. The first-order chi connectivity index (χ1) is 7.66. The van der Waals surface area contributed by atoms with Crippen molar-refractivity contribution in [1.29, 1.82) is 0 Å². The molecule has 1 atom stereocenters. The molecule has 0 saturated heterocycles. The quantitative estimate of drug-likeness (QED) is 0.563. The molecule has 1 heterocycles. The smallest absolute Gasteiger partial charge is 0.221 e. The van der Waals surface area contributed by atoms with E-state index in [-0.39, 0.29) is 10.7 Å². The van der Waals surface area contributed by atoms with Crippen molar-refractivity contribution >= 4 is 10.9 Å². The van der Waals surface area contributed by atoms with Crippen LogP contribution in [0.1, 0.15) is 11.1 Å². The summed E-state index contributed by atoms with van der Waals surface area (Å²) >= 11 is 0. The van der Waals surface area contributed by atoms with Crippen LogP contribution in [0.5, 0.6) is 5.75 Å². The number of nitrogens with one attached hydrogen (secondary N) is 1. The predicted molar refractivity (Wildman–Crippen MR) is 58.2 cm³/mol. The molecular weight excluding hydrogens is 208 g/mol. The maximum absolute atomic E-state index is 10.8. The first kappa shape index (κ1) is 9.21. The Kier molecular flexibility index (Phi) is 1.71. The highest BCUT2D eigenvalue weighted by Crippen LogP contribution is 2.35. The number of aromatic amines is 1. The van der Waals surface area contributed by atoms with Crippen molar-refractivity contribution < 1.29 is 10.0 Å². The van der Waals surface area contributed by atoms with E-state index in [4.69, 9.17) is 0 Å². The van der Waals surface area contributed by atoms with E-state index in [1.54, 1.807) is 18.3 Å². The Labute approximate surface area is 90.9 Å². The van der Waals surface area contributed by atoms with Gasteiger partial charge in [-0.2, -0.15) is 0 Å². The van der Waals surface area contributed by atoms with Gasteiger partial charge in [-0.1, -0.05) is 0 Å². The summed E-state index contributed by atoms with van der Waals surface area (Å²) in [7, 11) is 0. The van der Waals surface area contributed by atoms with Crippen LogP contribution in [-0.4, -0.2) is 21.1 Å². The second kappa shape index (κ2) is 2.98. The lowest BCUT2D eigenvalue weighted by atomic mass is 9.89. The number of hydrogen-bond donors (Lipinski definition) is 2. The molecule has 1 aliphatic carbocycles. The number of aromatic hydroxyl groups is 1. The standard InChI is InChI=1S/C11H10N2O3/c14-10-2-1-9-11-6(5-12-9)3-7(13(15)16)4-8(10)11/h1-2,5,7,12,14H,3-4H2. The molecule has 5 heteroatoms. The normalized spacial score (nSPS) is 18.9. The van der Waals surface area contributed by atoms with Gasteiger partial charge in [0.25, 0.3) is 0 Å². The van der Waals surface area contributed by atoms with E-state index >= 15 is 0 Å². The molecule has 3 rings (SSSR count). The molecule has 5 nitrogen and oxygen atoms in total. The molecule has 0 amide bonds. The number of phenols is 1. The van der Waals surface area contributed by atoms with E-state index in [0.29, 0.717) is 18.4 Å². The molecule has 0 saturated carbocycles. The number of phenolic OH excluding ortho intramolecular Hbond substituents is 1. The molecule has 0 radical (unpaired) electrons. The highest BCUT2D eigenvalue weighted by atomic mass is 16.6. The Morgan fingerprint density at radius 2 is 2.25 bits per heavy atom. The van der Waals surface area contributed by atoms with Gasteiger partial charge in [0.15, 0.2) is 0 Å². The number of H-pyrrole nitrogens is 1. The summed E-state index contributed by atoms with van der Waals surface area (Å²) in [5.41, 5.74) is 2.56. The average molecular weight is 218 g/mol. The summed E-state index contributed by atoms with van der Waals surface area (Å²) in [6, 6.07) is 2.75. The molecule has 1 aliphatic rings. The van der Waals surface area contributed by atoms with Gasteiger partial charge in [-0.3, -0.25) is 10.1 Å². The molecule has 0 bridgehead atoms. The Morgan fingerprint density at radius 1 is 1.44 bits per heavy atom. The monoisotopic (exact) mass is 218 g/mol. The molecule has 16 heavy (non-hydrogen) atoms. The van der Waals surface area contributed by atoms with Gasteiger partial charge < -0.3 is 10.1 Å². The molecule has 1 unspecified atom stereocenters. The molecule has 1 aromatic carbocycles. The van der Waals surface area contributed by atoms with Crippen LogP contribution in [0.25, 0.3) is 10.9 Å². The van der Waals surface area contributed by atoms with Crippen molar-refractivity contribution in [3.63, 3.8) is 0 Å². The van der Waals surface area contributed by atoms with Crippen molar-refractivity contribution in [2.75, 3.05) is 0 Å². The maximum atomic E-state index is 10.8. The van der Waals surface area contributed by atoms with Crippen LogP contribution < -0.4 is 0 Å². The van der Waals surface area contributed by atoms with Gasteiger partial charge in [-0.15, -0.1) is 0 Å². The van der Waals surface area contributed by atoms with Gasteiger partial charge in [-0.25, -0.2) is 0 Å². The summed E-state index contributed by atoms with van der Waals surface area (Å²) in [5.74, 6) is 0.153. The Hall–Kier alpha value is -2.04. The highest BCUT2D eigenvalue weighted by Gasteiger charge is 2.30. The van der Waals surface area contributed by atoms with Crippen LogP contribution >= 0.6 is 0 Å². The topological polar surface area (TPSA) is 79.2 Å². The van der Waals surface area contributed by atoms with Crippen LogP contribution in [0.4, 0.5) is 0 Å². The number of hydrogen-bond acceptors (Lipinski definition) is 3. The number of nitro groups is 1. The van der Waals surface area contributed by atoms with E-state index in [0.717, 1.165) is 16.5 Å². The summed E-state index contributed by atoms with van der Waals surface area (Å²) in [4.78, 5) is 13.6. The van der Waals surface area contributed by atoms with Crippen LogP contribution in [0.15, 0.2) is 18.3 Å². The fraction of sp³-hybridized carbons (Fsp3) is 0.273. The van der Waals surface area contributed by atoms with Gasteiger partial charge in [0.05, 0.1) is 0 Å². The number of rotatable bonds is 1. The van der Waals surface area contributed by atoms with Crippen molar-refractivity contribution in [3.8, 4) is 5.75 Å². The third-order valence-electron chi connectivity index (χ3n) is 3.20. The van der Waals surface area contributed by atoms with Crippen LogP contribution in [0.2, 0.25) is 0 Å². The Balaban J connectivity index is 2.25. The lowest BCUT2D eigenvalue weighted by Crippen LogP contribution is -2.27. The first-order valence-electron chi connectivity index (χ1n) is 5.11. The van der Waals surface area contributed by atoms with Crippen molar-refractivity contribution in [2.24, 2.45) is 0 Å². The summed E-state index contributed by atoms with van der Waals surface area (Å²) in [5, 5.41) is 21.5. The van der Waals surface area contributed by atoms with Crippen LogP contribution in [0, 0.1) is 10.1 Å². The largest absolute Gasteiger partial charge is 0.508 e. The molecule has 82 valence electrons. The number of nitrogens with zero attached hydrogens (tertiary/aromatic N) is 1. The SMILES string of the molecule is O=[N+]([O-])C1Cc2c[nH]c3ccc(O)c(c23)C1. The zero-order valence-corrected chi connectivity index (χ0v) is 8.43. The summed E-state index contributed by atoms with van der Waals surface area (Å²) in [6.07, 6.45) is 2.54. The minimum absolute atomic E-state index is 0.153. The molecule has 0 spiro atoms. The number of aromatic nitrogens is 1. The second-order valence-corrected chi connectivity index (χ2v) is 4.15. The van der Waals surface area contributed by atoms with Crippen molar-refractivity contribution in [3.05, 3.63) is 39.6 Å². The van der Waals surface area contributed by atoms with Crippen molar-refractivity contribution in [1.82, 2.24) is 4.98 Å². The average Bonchev–Trinajstić information content (AvgIpc) is 2.67. The fourth-order valence-electron chi connectivity index (χ4n) is 2.44. The second-order valence-electron chi connectivity index (χ2n) is 4.15. The van der Waals surface area contributed by atoms with Gasteiger partial charge in [0, 0.05) is 40.4 Å². The molecule has 0 aliphatic heterocycles. The van der Waals surface area contributed by atoms with E-state index in [1.807, 2.05) is 0 Å². The van der Waals surface area contributed by atoms with E-state index in [9.17, 15) is 15.2 Å². The van der Waals surface area contributed by atoms with E-state index in [1.165, 1.54) is 0 Å². The van der Waals surface area contributed by atoms with Crippen LogP contribution in [0.3, 0.4) is 0 Å². The van der Waals surface area contributed by atoms with Crippen molar-refractivity contribution in [2.45, 2.75) is 18.9 Å². The molecular formula is C11H10N2O3. The van der Waals surface area contributed by atoms with Gasteiger partial charge in [0.2, 0.25) is 6.04 Å².